The Morgan fingerprint density at radius 2 is 2.00 bits per heavy atom. The largest absolute Gasteiger partial charge is 0.506 e. The minimum atomic E-state index is 0.0788. The van der Waals surface area contributed by atoms with Crippen LogP contribution in [0.2, 0.25) is 0 Å². The molecule has 0 aliphatic heterocycles. The molecule has 0 atom stereocenters. The number of rotatable bonds is 3. The van der Waals surface area contributed by atoms with Crippen molar-refractivity contribution in [3.63, 3.8) is 0 Å². The van der Waals surface area contributed by atoms with Crippen LogP contribution in [0.3, 0.4) is 0 Å². The van der Waals surface area contributed by atoms with Gasteiger partial charge in [0.05, 0.1) is 23.9 Å². The zero-order valence-corrected chi connectivity index (χ0v) is 10.2. The van der Waals surface area contributed by atoms with Gasteiger partial charge in [0.1, 0.15) is 5.75 Å². The fraction of sp³-hybridized carbons (Fsp3) is 0.0714. The van der Waals surface area contributed by atoms with Gasteiger partial charge >= 0.3 is 0 Å². The molecule has 3 rings (SSSR count). The Morgan fingerprint density at radius 3 is 2.79 bits per heavy atom. The Kier molecular flexibility index (Phi) is 2.72. The molecule has 0 fully saturated rings. The van der Waals surface area contributed by atoms with Gasteiger partial charge in [0.2, 0.25) is 0 Å². The van der Waals surface area contributed by atoms with Crippen molar-refractivity contribution < 1.29 is 5.11 Å². The molecule has 4 N–H and O–H groups in total. The topological polar surface area (TPSA) is 76.1 Å². The van der Waals surface area contributed by atoms with Crippen molar-refractivity contribution in [3.05, 3.63) is 54.2 Å². The summed E-state index contributed by atoms with van der Waals surface area (Å²) in [7, 11) is 0. The zero-order chi connectivity index (χ0) is 13.2. The van der Waals surface area contributed by atoms with E-state index < -0.39 is 0 Å². The fourth-order valence-electron chi connectivity index (χ4n) is 1.97. The number of nitrogens with zero attached hydrogens (tertiary/aromatic N) is 2. The third kappa shape index (κ3) is 2.18. The summed E-state index contributed by atoms with van der Waals surface area (Å²) in [5.74, 6) is 0.0788. The highest BCUT2D eigenvalue weighted by Gasteiger charge is 2.06. The number of phenolic OH excluding ortho intramolecular Hbond substituents is 1. The second-order valence-electron chi connectivity index (χ2n) is 4.35. The van der Waals surface area contributed by atoms with Crippen LogP contribution in [0.5, 0.6) is 5.75 Å². The Morgan fingerprint density at radius 1 is 1.21 bits per heavy atom. The molecule has 19 heavy (non-hydrogen) atoms. The third-order valence-electron chi connectivity index (χ3n) is 2.99. The van der Waals surface area contributed by atoms with Crippen molar-refractivity contribution in [1.29, 1.82) is 0 Å². The van der Waals surface area contributed by atoms with E-state index in [9.17, 15) is 5.11 Å². The summed E-state index contributed by atoms with van der Waals surface area (Å²) in [6.07, 6.45) is 1.69. The number of nitrogens with two attached hydrogens (primary N) is 1. The van der Waals surface area contributed by atoms with Crippen LogP contribution in [-0.2, 0) is 6.54 Å². The molecule has 5 nitrogen and oxygen atoms in total. The molecule has 0 saturated heterocycles. The number of anilines is 1. The maximum Gasteiger partial charge on any atom is 0.139 e. The van der Waals surface area contributed by atoms with E-state index in [1.807, 2.05) is 30.3 Å². The van der Waals surface area contributed by atoms with Crippen LogP contribution < -0.4 is 11.2 Å². The van der Waals surface area contributed by atoms with Crippen LogP contribution in [-0.4, -0.2) is 15.0 Å². The molecule has 0 spiro atoms. The number of aromatic nitrogens is 2. The molecule has 3 aromatic rings. The summed E-state index contributed by atoms with van der Waals surface area (Å²) in [4.78, 5) is 1.66. The van der Waals surface area contributed by atoms with Gasteiger partial charge in [-0.15, -0.1) is 0 Å². The lowest BCUT2D eigenvalue weighted by atomic mass is 10.2. The van der Waals surface area contributed by atoms with Crippen LogP contribution in [0.1, 0.15) is 5.56 Å². The molecule has 0 aliphatic carbocycles. The molecule has 1 aromatic heterocycles. The van der Waals surface area contributed by atoms with Crippen LogP contribution in [0.15, 0.2) is 48.7 Å². The number of aromatic hydroxyl groups is 1. The van der Waals surface area contributed by atoms with Crippen molar-refractivity contribution in [2.75, 3.05) is 11.2 Å². The van der Waals surface area contributed by atoms with Crippen LogP contribution in [0.25, 0.3) is 10.9 Å². The summed E-state index contributed by atoms with van der Waals surface area (Å²) >= 11 is 0. The zero-order valence-electron chi connectivity index (χ0n) is 10.2. The van der Waals surface area contributed by atoms with E-state index in [2.05, 4.69) is 10.5 Å². The monoisotopic (exact) mass is 254 g/mol. The van der Waals surface area contributed by atoms with Gasteiger partial charge in [0, 0.05) is 5.39 Å². The number of hydrogen-bond acceptors (Lipinski definition) is 4. The highest BCUT2D eigenvalue weighted by atomic mass is 16.3. The molecular formula is C14H14N4O. The van der Waals surface area contributed by atoms with E-state index in [1.165, 1.54) is 0 Å². The Bertz CT molecular complexity index is 706. The molecule has 0 amide bonds. The lowest BCUT2D eigenvalue weighted by Crippen LogP contribution is -2.15. The number of fused-ring (bicyclic) bond motifs is 1. The molecule has 0 bridgehead atoms. The van der Waals surface area contributed by atoms with E-state index in [0.29, 0.717) is 12.2 Å². The second-order valence-corrected chi connectivity index (χ2v) is 4.35. The van der Waals surface area contributed by atoms with Gasteiger partial charge in [0.25, 0.3) is 0 Å². The molecule has 2 aromatic carbocycles. The third-order valence-corrected chi connectivity index (χ3v) is 2.99. The first kappa shape index (κ1) is 11.4. The average molecular weight is 254 g/mol. The van der Waals surface area contributed by atoms with Gasteiger partial charge < -0.3 is 16.3 Å². The van der Waals surface area contributed by atoms with Gasteiger partial charge in [-0.3, -0.25) is 0 Å². The summed E-state index contributed by atoms with van der Waals surface area (Å²) in [6, 6.07) is 13.4. The highest BCUT2D eigenvalue weighted by molar-refractivity contribution is 5.85. The van der Waals surface area contributed by atoms with Crippen molar-refractivity contribution in [2.45, 2.75) is 6.54 Å². The van der Waals surface area contributed by atoms with E-state index in [1.54, 1.807) is 23.1 Å². The van der Waals surface area contributed by atoms with E-state index >= 15 is 0 Å². The second kappa shape index (κ2) is 4.53. The van der Waals surface area contributed by atoms with Crippen LogP contribution in [0, 0.1) is 0 Å². The Hall–Kier alpha value is -2.69. The van der Waals surface area contributed by atoms with E-state index in [-0.39, 0.29) is 5.75 Å². The van der Waals surface area contributed by atoms with E-state index in [0.717, 1.165) is 16.5 Å². The molecule has 96 valence electrons. The van der Waals surface area contributed by atoms with Gasteiger partial charge in [-0.1, -0.05) is 30.3 Å². The smallest absolute Gasteiger partial charge is 0.139 e. The molecule has 5 heteroatoms. The number of nitrogens with one attached hydrogen (secondary N) is 1. The minimum absolute atomic E-state index is 0.0788. The molecular weight excluding hydrogens is 240 g/mol. The summed E-state index contributed by atoms with van der Waals surface area (Å²) in [5, 5.41) is 14.6. The standard InChI is InChI=1S/C14H14N4O/c15-12-7-13-11(6-14(12)19)9-17-18(13)16-8-10-4-2-1-3-5-10/h1-7,9,16,19H,8,15H2. The number of benzene rings is 2. The SMILES string of the molecule is Nc1cc2c(cnn2NCc2ccccc2)cc1O. The normalized spacial score (nSPS) is 10.7. The fourth-order valence-corrected chi connectivity index (χ4v) is 1.97. The maximum absolute atomic E-state index is 9.55. The average Bonchev–Trinajstić information content (AvgIpc) is 2.80. The molecule has 0 saturated carbocycles. The predicted molar refractivity (Wildman–Crippen MR) is 75.3 cm³/mol. The van der Waals surface area contributed by atoms with Crippen LogP contribution >= 0.6 is 0 Å². The molecule has 0 aliphatic rings. The van der Waals surface area contributed by atoms with Crippen LogP contribution in [0.4, 0.5) is 5.69 Å². The Balaban J connectivity index is 1.87. The minimum Gasteiger partial charge on any atom is -0.506 e. The summed E-state index contributed by atoms with van der Waals surface area (Å²) in [5.41, 5.74) is 11.2. The molecule has 1 heterocycles. The van der Waals surface area contributed by atoms with Crippen molar-refractivity contribution in [1.82, 2.24) is 9.89 Å². The van der Waals surface area contributed by atoms with Crippen molar-refractivity contribution >= 4 is 16.6 Å². The summed E-state index contributed by atoms with van der Waals surface area (Å²) < 4.78 is 0. The first-order valence-corrected chi connectivity index (χ1v) is 5.98. The number of hydrogen-bond donors (Lipinski definition) is 3. The number of phenols is 1. The first-order valence-electron chi connectivity index (χ1n) is 5.98. The quantitative estimate of drug-likeness (QED) is 0.494. The van der Waals surface area contributed by atoms with Gasteiger partial charge in [-0.25, -0.2) is 0 Å². The van der Waals surface area contributed by atoms with E-state index in [4.69, 9.17) is 5.73 Å². The van der Waals surface area contributed by atoms with Crippen molar-refractivity contribution in [2.24, 2.45) is 0 Å². The lowest BCUT2D eigenvalue weighted by Gasteiger charge is -2.08. The number of nitrogen functional groups attached to an aromatic ring is 1. The predicted octanol–water partition coefficient (Wildman–Crippen LogP) is 2.07. The van der Waals surface area contributed by atoms with Gasteiger partial charge in [-0.2, -0.15) is 9.89 Å². The lowest BCUT2D eigenvalue weighted by molar-refractivity contribution is 0.479. The first-order chi connectivity index (χ1) is 9.24. The van der Waals surface area contributed by atoms with Crippen molar-refractivity contribution in [3.8, 4) is 5.75 Å². The van der Waals surface area contributed by atoms with Gasteiger partial charge in [-0.05, 0) is 17.7 Å². The molecule has 0 radical (unpaired) electrons. The molecule has 0 unspecified atom stereocenters. The Labute approximate surface area is 110 Å². The maximum atomic E-state index is 9.55. The van der Waals surface area contributed by atoms with Gasteiger partial charge in [0.15, 0.2) is 0 Å². The summed E-state index contributed by atoms with van der Waals surface area (Å²) in [6.45, 7) is 0.665. The highest BCUT2D eigenvalue weighted by Crippen LogP contribution is 2.26.